The highest BCUT2D eigenvalue weighted by Gasteiger charge is 2.06. The Morgan fingerprint density at radius 3 is 2.45 bits per heavy atom. The molecule has 0 atom stereocenters. The Labute approximate surface area is 122 Å². The molecule has 1 aromatic heterocycles. The number of hydrogen-bond acceptors (Lipinski definition) is 6. The summed E-state index contributed by atoms with van der Waals surface area (Å²) in [4.78, 5) is 14.1. The van der Waals surface area contributed by atoms with Crippen LogP contribution < -0.4 is 15.0 Å². The van der Waals surface area contributed by atoms with E-state index >= 15 is 0 Å². The molecular weight excluding hydrogens is 278 g/mol. The summed E-state index contributed by atoms with van der Waals surface area (Å²) in [5, 5.41) is 3.29. The molecule has 7 heteroatoms. The maximum atomic E-state index is 5.87. The third-order valence-corrected chi connectivity index (χ3v) is 2.78. The number of nitrogens with one attached hydrogen (secondary N) is 1. The van der Waals surface area contributed by atoms with Crippen molar-refractivity contribution in [3.63, 3.8) is 0 Å². The molecule has 106 valence electrons. The Kier molecular flexibility index (Phi) is 4.57. The predicted octanol–water partition coefficient (Wildman–Crippen LogP) is 2.21. The van der Waals surface area contributed by atoms with Gasteiger partial charge >= 0.3 is 0 Å². The van der Waals surface area contributed by atoms with Crippen LogP contribution in [0.5, 0.6) is 5.75 Å². The molecule has 0 fully saturated rings. The largest absolute Gasteiger partial charge is 0.497 e. The topological polar surface area (TPSA) is 63.2 Å². The normalized spacial score (nSPS) is 10.2. The highest BCUT2D eigenvalue weighted by molar-refractivity contribution is 6.28. The molecule has 1 N–H and O–H groups in total. The zero-order valence-corrected chi connectivity index (χ0v) is 12.3. The van der Waals surface area contributed by atoms with E-state index in [1.807, 2.05) is 38.4 Å². The van der Waals surface area contributed by atoms with E-state index in [0.29, 0.717) is 18.4 Å². The molecular formula is C13H16ClN5O. The van der Waals surface area contributed by atoms with Crippen molar-refractivity contribution in [3.8, 4) is 5.75 Å². The second kappa shape index (κ2) is 6.38. The van der Waals surface area contributed by atoms with Gasteiger partial charge in [-0.1, -0.05) is 12.1 Å². The van der Waals surface area contributed by atoms with Gasteiger partial charge in [0.25, 0.3) is 0 Å². The second-order valence-electron chi connectivity index (χ2n) is 4.32. The van der Waals surface area contributed by atoms with Gasteiger partial charge in [-0.3, -0.25) is 0 Å². The number of rotatable bonds is 5. The van der Waals surface area contributed by atoms with Crippen LogP contribution in [-0.4, -0.2) is 36.2 Å². The number of halogens is 1. The Morgan fingerprint density at radius 1 is 1.15 bits per heavy atom. The number of anilines is 2. The van der Waals surface area contributed by atoms with Crippen LogP contribution in [0.15, 0.2) is 24.3 Å². The average Bonchev–Trinajstić information content (AvgIpc) is 2.45. The number of hydrogen-bond donors (Lipinski definition) is 1. The van der Waals surface area contributed by atoms with E-state index in [2.05, 4.69) is 20.3 Å². The highest BCUT2D eigenvalue weighted by atomic mass is 35.5. The quantitative estimate of drug-likeness (QED) is 0.912. The molecule has 2 aromatic rings. The molecule has 0 amide bonds. The van der Waals surface area contributed by atoms with Crippen molar-refractivity contribution in [2.45, 2.75) is 6.54 Å². The summed E-state index contributed by atoms with van der Waals surface area (Å²) in [6.45, 7) is 0.594. The molecule has 0 radical (unpaired) electrons. The predicted molar refractivity (Wildman–Crippen MR) is 79.5 cm³/mol. The van der Waals surface area contributed by atoms with Crippen molar-refractivity contribution < 1.29 is 4.74 Å². The van der Waals surface area contributed by atoms with E-state index in [9.17, 15) is 0 Å². The van der Waals surface area contributed by atoms with E-state index in [4.69, 9.17) is 16.3 Å². The van der Waals surface area contributed by atoms with Crippen LogP contribution in [0, 0.1) is 0 Å². The number of nitrogens with zero attached hydrogens (tertiary/aromatic N) is 4. The third-order valence-electron chi connectivity index (χ3n) is 2.61. The van der Waals surface area contributed by atoms with Crippen LogP contribution >= 0.6 is 11.6 Å². The highest BCUT2D eigenvalue weighted by Crippen LogP contribution is 2.14. The van der Waals surface area contributed by atoms with Crippen LogP contribution in [0.4, 0.5) is 11.9 Å². The lowest BCUT2D eigenvalue weighted by atomic mass is 10.2. The molecule has 0 unspecified atom stereocenters. The Bertz CT molecular complexity index is 573. The van der Waals surface area contributed by atoms with Gasteiger partial charge in [0.2, 0.25) is 17.2 Å². The van der Waals surface area contributed by atoms with Gasteiger partial charge < -0.3 is 15.0 Å². The minimum absolute atomic E-state index is 0.168. The van der Waals surface area contributed by atoms with E-state index < -0.39 is 0 Å². The smallest absolute Gasteiger partial charge is 0.230 e. The van der Waals surface area contributed by atoms with Crippen molar-refractivity contribution in [2.75, 3.05) is 31.4 Å². The first-order valence-electron chi connectivity index (χ1n) is 6.04. The summed E-state index contributed by atoms with van der Waals surface area (Å²) in [6, 6.07) is 7.76. The molecule has 20 heavy (non-hydrogen) atoms. The van der Waals surface area contributed by atoms with E-state index in [0.717, 1.165) is 11.3 Å². The first-order chi connectivity index (χ1) is 9.58. The lowest BCUT2D eigenvalue weighted by Gasteiger charge is -2.12. The van der Waals surface area contributed by atoms with Gasteiger partial charge in [-0.05, 0) is 29.3 Å². The van der Waals surface area contributed by atoms with Crippen LogP contribution in [0.2, 0.25) is 5.28 Å². The summed E-state index contributed by atoms with van der Waals surface area (Å²) in [7, 11) is 5.33. The van der Waals surface area contributed by atoms with Crippen molar-refractivity contribution in [1.29, 1.82) is 0 Å². The first kappa shape index (κ1) is 14.3. The fraction of sp³-hybridized carbons (Fsp3) is 0.308. The standard InChI is InChI=1S/C13H16ClN5O/c1-19(2)13-17-11(14)16-12(18-13)15-8-9-4-6-10(20-3)7-5-9/h4-7H,8H2,1-3H3,(H,15,16,17,18). The van der Waals surface area contributed by atoms with Crippen LogP contribution in [0.1, 0.15) is 5.56 Å². The molecule has 6 nitrogen and oxygen atoms in total. The molecule has 1 heterocycles. The van der Waals surface area contributed by atoms with E-state index in [-0.39, 0.29) is 5.28 Å². The Hall–Kier alpha value is -2.08. The summed E-state index contributed by atoms with van der Waals surface area (Å²) in [5.74, 6) is 1.79. The van der Waals surface area contributed by atoms with Gasteiger partial charge in [0.05, 0.1) is 7.11 Å². The Balaban J connectivity index is 2.06. The molecule has 0 aliphatic carbocycles. The maximum absolute atomic E-state index is 5.87. The lowest BCUT2D eigenvalue weighted by Crippen LogP contribution is -2.15. The fourth-order valence-corrected chi connectivity index (χ4v) is 1.70. The first-order valence-corrected chi connectivity index (χ1v) is 6.42. The van der Waals surface area contributed by atoms with E-state index in [1.165, 1.54) is 0 Å². The Morgan fingerprint density at radius 2 is 1.85 bits per heavy atom. The molecule has 0 saturated carbocycles. The number of benzene rings is 1. The minimum atomic E-state index is 0.168. The number of ether oxygens (including phenoxy) is 1. The summed E-state index contributed by atoms with van der Waals surface area (Å²) in [5.41, 5.74) is 1.09. The SMILES string of the molecule is COc1ccc(CNc2nc(Cl)nc(N(C)C)n2)cc1. The third kappa shape index (κ3) is 3.71. The van der Waals surface area contributed by atoms with Gasteiger partial charge in [0, 0.05) is 20.6 Å². The molecule has 0 spiro atoms. The summed E-state index contributed by atoms with van der Waals surface area (Å²) >= 11 is 5.87. The molecule has 2 rings (SSSR count). The van der Waals surface area contributed by atoms with Crippen LogP contribution in [0.25, 0.3) is 0 Å². The van der Waals surface area contributed by atoms with Crippen molar-refractivity contribution >= 4 is 23.5 Å². The monoisotopic (exact) mass is 293 g/mol. The van der Waals surface area contributed by atoms with Crippen LogP contribution in [0.3, 0.4) is 0 Å². The fourth-order valence-electron chi connectivity index (χ4n) is 1.54. The van der Waals surface area contributed by atoms with Gasteiger partial charge in [0.15, 0.2) is 0 Å². The second-order valence-corrected chi connectivity index (χ2v) is 4.66. The van der Waals surface area contributed by atoms with Gasteiger partial charge in [0.1, 0.15) is 5.75 Å². The van der Waals surface area contributed by atoms with Crippen LogP contribution in [-0.2, 0) is 6.54 Å². The summed E-state index contributed by atoms with van der Waals surface area (Å²) < 4.78 is 5.11. The molecule has 0 aliphatic heterocycles. The van der Waals surface area contributed by atoms with Crippen molar-refractivity contribution in [3.05, 3.63) is 35.1 Å². The van der Waals surface area contributed by atoms with Crippen molar-refractivity contribution in [2.24, 2.45) is 0 Å². The molecule has 1 aromatic carbocycles. The van der Waals surface area contributed by atoms with Gasteiger partial charge in [-0.15, -0.1) is 0 Å². The molecule has 0 aliphatic rings. The lowest BCUT2D eigenvalue weighted by molar-refractivity contribution is 0.414. The molecule has 0 saturated heterocycles. The zero-order valence-electron chi connectivity index (χ0n) is 11.6. The molecule has 0 bridgehead atoms. The van der Waals surface area contributed by atoms with E-state index in [1.54, 1.807) is 12.0 Å². The van der Waals surface area contributed by atoms with Gasteiger partial charge in [-0.2, -0.15) is 15.0 Å². The number of aromatic nitrogens is 3. The minimum Gasteiger partial charge on any atom is -0.497 e. The number of methoxy groups -OCH3 is 1. The maximum Gasteiger partial charge on any atom is 0.230 e. The van der Waals surface area contributed by atoms with Crippen molar-refractivity contribution in [1.82, 2.24) is 15.0 Å². The summed E-state index contributed by atoms with van der Waals surface area (Å²) in [6.07, 6.45) is 0. The average molecular weight is 294 g/mol. The van der Waals surface area contributed by atoms with Gasteiger partial charge in [-0.25, -0.2) is 0 Å². The zero-order chi connectivity index (χ0) is 14.5.